The Morgan fingerprint density at radius 3 is 2.32 bits per heavy atom. The van der Waals surface area contributed by atoms with Crippen LogP contribution < -0.4 is 0 Å². The number of methoxy groups -OCH3 is 1. The van der Waals surface area contributed by atoms with Gasteiger partial charge >= 0.3 is 5.97 Å². The molecule has 0 aromatic heterocycles. The van der Waals surface area contributed by atoms with Crippen molar-refractivity contribution in [1.29, 1.82) is 0 Å². The lowest BCUT2D eigenvalue weighted by atomic mass is 10.1. The molecule has 0 saturated carbocycles. The van der Waals surface area contributed by atoms with Crippen molar-refractivity contribution in [2.24, 2.45) is 5.92 Å². The Morgan fingerprint density at radius 2 is 1.77 bits per heavy atom. The van der Waals surface area contributed by atoms with Gasteiger partial charge in [0, 0.05) is 31.5 Å². The van der Waals surface area contributed by atoms with E-state index < -0.39 is 0 Å². The molecule has 0 aliphatic heterocycles. The minimum absolute atomic E-state index is 0.0500. The summed E-state index contributed by atoms with van der Waals surface area (Å²) in [6.07, 6.45) is 0.321. The third-order valence-corrected chi connectivity index (χ3v) is 3.49. The van der Waals surface area contributed by atoms with E-state index in [-0.39, 0.29) is 36.4 Å². The Bertz CT molecular complexity index is 513. The highest BCUT2D eigenvalue weighted by Crippen LogP contribution is 2.09. The molecule has 0 aliphatic rings. The van der Waals surface area contributed by atoms with Crippen molar-refractivity contribution in [2.75, 3.05) is 20.2 Å². The third kappa shape index (κ3) is 5.31. The first-order valence-corrected chi connectivity index (χ1v) is 7.43. The van der Waals surface area contributed by atoms with Gasteiger partial charge in [0.2, 0.25) is 5.91 Å². The van der Waals surface area contributed by atoms with Crippen LogP contribution in [0.15, 0.2) is 30.3 Å². The van der Waals surface area contributed by atoms with Crippen LogP contribution in [0.2, 0.25) is 0 Å². The zero-order valence-electron chi connectivity index (χ0n) is 13.4. The number of rotatable bonds is 8. The minimum atomic E-state index is -0.376. The SMILES string of the molecule is CCN(CC(C)C(=O)OC)C(=O)CCC(=O)c1ccccc1. The number of amides is 1. The fourth-order valence-corrected chi connectivity index (χ4v) is 2.16. The van der Waals surface area contributed by atoms with Gasteiger partial charge in [-0.1, -0.05) is 37.3 Å². The summed E-state index contributed by atoms with van der Waals surface area (Å²) in [5.41, 5.74) is 0.612. The predicted octanol–water partition coefficient (Wildman–Crippen LogP) is 2.31. The van der Waals surface area contributed by atoms with Crippen molar-refractivity contribution in [2.45, 2.75) is 26.7 Å². The number of nitrogens with zero attached hydrogens (tertiary/aromatic N) is 1. The maximum atomic E-state index is 12.2. The molecule has 1 aromatic carbocycles. The number of hydrogen-bond donors (Lipinski definition) is 0. The zero-order chi connectivity index (χ0) is 16.5. The number of carbonyl (C=O) groups excluding carboxylic acids is 3. The molecule has 0 N–H and O–H groups in total. The highest BCUT2D eigenvalue weighted by molar-refractivity contribution is 5.97. The second-order valence-corrected chi connectivity index (χ2v) is 5.15. The summed E-state index contributed by atoms with van der Waals surface area (Å²) in [6, 6.07) is 8.92. The second kappa shape index (κ2) is 8.97. The molecule has 0 heterocycles. The van der Waals surface area contributed by atoms with Crippen molar-refractivity contribution in [3.05, 3.63) is 35.9 Å². The molecular formula is C17H23NO4. The molecule has 0 bridgehead atoms. The summed E-state index contributed by atoms with van der Waals surface area (Å²) >= 11 is 0. The van der Waals surface area contributed by atoms with Crippen molar-refractivity contribution < 1.29 is 19.1 Å². The topological polar surface area (TPSA) is 63.7 Å². The van der Waals surface area contributed by atoms with E-state index in [1.54, 1.807) is 36.1 Å². The summed E-state index contributed by atoms with van der Waals surface area (Å²) in [5.74, 6) is -0.890. The molecule has 1 unspecified atom stereocenters. The van der Waals surface area contributed by atoms with Crippen LogP contribution in [0.5, 0.6) is 0 Å². The van der Waals surface area contributed by atoms with Crippen molar-refractivity contribution >= 4 is 17.7 Å². The quantitative estimate of drug-likeness (QED) is 0.546. The highest BCUT2D eigenvalue weighted by Gasteiger charge is 2.20. The maximum Gasteiger partial charge on any atom is 0.310 e. The van der Waals surface area contributed by atoms with Crippen LogP contribution in [-0.2, 0) is 14.3 Å². The number of esters is 1. The first kappa shape index (κ1) is 17.9. The molecule has 0 radical (unpaired) electrons. The van der Waals surface area contributed by atoms with Gasteiger partial charge in [-0.05, 0) is 6.92 Å². The summed E-state index contributed by atoms with van der Waals surface area (Å²) < 4.78 is 4.66. The van der Waals surface area contributed by atoms with Gasteiger partial charge < -0.3 is 9.64 Å². The molecule has 1 rings (SSSR count). The lowest BCUT2D eigenvalue weighted by Gasteiger charge is -2.23. The summed E-state index contributed by atoms with van der Waals surface area (Å²) in [7, 11) is 1.33. The Kier molecular flexibility index (Phi) is 7.29. The number of benzene rings is 1. The Balaban J connectivity index is 2.51. The maximum absolute atomic E-state index is 12.2. The van der Waals surface area contributed by atoms with Crippen LogP contribution in [-0.4, -0.2) is 42.8 Å². The smallest absolute Gasteiger partial charge is 0.310 e. The number of hydrogen-bond acceptors (Lipinski definition) is 4. The molecule has 0 aliphatic carbocycles. The van der Waals surface area contributed by atoms with Gasteiger partial charge in [-0.15, -0.1) is 0 Å². The van der Waals surface area contributed by atoms with Gasteiger partial charge in [0.05, 0.1) is 13.0 Å². The molecule has 1 aromatic rings. The highest BCUT2D eigenvalue weighted by atomic mass is 16.5. The van der Waals surface area contributed by atoms with E-state index in [0.29, 0.717) is 18.7 Å². The Morgan fingerprint density at radius 1 is 1.14 bits per heavy atom. The van der Waals surface area contributed by atoms with Crippen LogP contribution in [0, 0.1) is 5.92 Å². The number of ether oxygens (including phenoxy) is 1. The van der Waals surface area contributed by atoms with Gasteiger partial charge in [0.25, 0.3) is 0 Å². The molecule has 1 amide bonds. The van der Waals surface area contributed by atoms with E-state index in [2.05, 4.69) is 4.74 Å². The molecule has 0 fully saturated rings. The molecule has 1 atom stereocenters. The fraction of sp³-hybridized carbons (Fsp3) is 0.471. The van der Waals surface area contributed by atoms with E-state index in [0.717, 1.165) is 0 Å². The van der Waals surface area contributed by atoms with E-state index >= 15 is 0 Å². The molecular weight excluding hydrogens is 282 g/mol. The molecule has 5 nitrogen and oxygen atoms in total. The van der Waals surface area contributed by atoms with E-state index in [4.69, 9.17) is 0 Å². The van der Waals surface area contributed by atoms with Crippen LogP contribution in [0.1, 0.15) is 37.0 Å². The monoisotopic (exact) mass is 305 g/mol. The summed E-state index contributed by atoms with van der Waals surface area (Å²) in [5, 5.41) is 0. The second-order valence-electron chi connectivity index (χ2n) is 5.15. The van der Waals surface area contributed by atoms with Gasteiger partial charge in [-0.2, -0.15) is 0 Å². The first-order chi connectivity index (χ1) is 10.5. The lowest BCUT2D eigenvalue weighted by Crippen LogP contribution is -2.37. The van der Waals surface area contributed by atoms with Gasteiger partial charge in [-0.3, -0.25) is 14.4 Å². The van der Waals surface area contributed by atoms with Crippen LogP contribution >= 0.6 is 0 Å². The van der Waals surface area contributed by atoms with E-state index in [9.17, 15) is 14.4 Å². The standard InChI is InChI=1S/C17H23NO4/c1-4-18(12-13(2)17(21)22-3)16(20)11-10-15(19)14-8-6-5-7-9-14/h5-9,13H,4,10-12H2,1-3H3. The number of ketones is 1. The largest absolute Gasteiger partial charge is 0.469 e. The zero-order valence-corrected chi connectivity index (χ0v) is 13.4. The Labute approximate surface area is 131 Å². The number of Topliss-reactive ketones (excluding diaryl/α,β-unsaturated/α-hetero) is 1. The normalized spacial score (nSPS) is 11.6. The summed E-state index contributed by atoms with van der Waals surface area (Å²) in [4.78, 5) is 37.2. The van der Waals surface area contributed by atoms with Gasteiger partial charge in [0.15, 0.2) is 5.78 Å². The minimum Gasteiger partial charge on any atom is -0.469 e. The third-order valence-electron chi connectivity index (χ3n) is 3.49. The van der Waals surface area contributed by atoms with E-state index in [1.807, 2.05) is 13.0 Å². The van der Waals surface area contributed by atoms with Gasteiger partial charge in [0.1, 0.15) is 0 Å². The average molecular weight is 305 g/mol. The van der Waals surface area contributed by atoms with Crippen molar-refractivity contribution in [1.82, 2.24) is 4.90 Å². The predicted molar refractivity (Wildman–Crippen MR) is 83.4 cm³/mol. The summed E-state index contributed by atoms with van der Waals surface area (Å²) in [6.45, 7) is 4.37. The molecule has 22 heavy (non-hydrogen) atoms. The van der Waals surface area contributed by atoms with Crippen molar-refractivity contribution in [3.8, 4) is 0 Å². The average Bonchev–Trinajstić information content (AvgIpc) is 2.56. The first-order valence-electron chi connectivity index (χ1n) is 7.43. The van der Waals surface area contributed by atoms with Crippen LogP contribution in [0.25, 0.3) is 0 Å². The van der Waals surface area contributed by atoms with Crippen molar-refractivity contribution in [3.63, 3.8) is 0 Å². The van der Waals surface area contributed by atoms with E-state index in [1.165, 1.54) is 7.11 Å². The fourth-order valence-electron chi connectivity index (χ4n) is 2.16. The molecule has 5 heteroatoms. The molecule has 0 saturated heterocycles. The van der Waals surface area contributed by atoms with Crippen LogP contribution in [0.3, 0.4) is 0 Å². The van der Waals surface area contributed by atoms with Crippen LogP contribution in [0.4, 0.5) is 0 Å². The van der Waals surface area contributed by atoms with Gasteiger partial charge in [-0.25, -0.2) is 0 Å². The molecule has 120 valence electrons. The Hall–Kier alpha value is -2.17. The lowest BCUT2D eigenvalue weighted by molar-refractivity contribution is -0.146. The number of carbonyl (C=O) groups is 3. The molecule has 0 spiro atoms.